The molecule has 18 heavy (non-hydrogen) atoms. The summed E-state index contributed by atoms with van der Waals surface area (Å²) in [6.45, 7) is 1.48. The minimum atomic E-state index is 0.0838. The number of nitrogens with two attached hydrogens (primary N) is 1. The second kappa shape index (κ2) is 4.66. The fraction of sp³-hybridized carbons (Fsp3) is 0.385. The number of aromatic nitrogens is 1. The van der Waals surface area contributed by atoms with Gasteiger partial charge in [0, 0.05) is 24.7 Å². The van der Waals surface area contributed by atoms with Crippen molar-refractivity contribution < 1.29 is 4.79 Å². The highest BCUT2D eigenvalue weighted by molar-refractivity contribution is 7.16. The summed E-state index contributed by atoms with van der Waals surface area (Å²) in [5.41, 5.74) is 9.40. The fourth-order valence-electron chi connectivity index (χ4n) is 2.37. The molecule has 1 aliphatic heterocycles. The first kappa shape index (κ1) is 11.6. The number of likely N-dealkylation sites (tertiary alicyclic amines) is 1. The van der Waals surface area contributed by atoms with Crippen LogP contribution in [0.2, 0.25) is 0 Å². The Labute approximate surface area is 109 Å². The molecule has 1 unspecified atom stereocenters. The van der Waals surface area contributed by atoms with Crippen molar-refractivity contribution in [3.63, 3.8) is 0 Å². The summed E-state index contributed by atoms with van der Waals surface area (Å²) in [5, 5.41) is 0. The Balaban J connectivity index is 1.86. The van der Waals surface area contributed by atoms with E-state index in [4.69, 9.17) is 5.73 Å². The summed E-state index contributed by atoms with van der Waals surface area (Å²) in [4.78, 5) is 18.4. The third-order valence-electron chi connectivity index (χ3n) is 3.32. The molecule has 0 saturated carbocycles. The van der Waals surface area contributed by atoms with E-state index in [0.717, 1.165) is 35.2 Å². The lowest BCUT2D eigenvalue weighted by Crippen LogP contribution is -2.45. The van der Waals surface area contributed by atoms with Crippen molar-refractivity contribution in [2.24, 2.45) is 5.73 Å². The maximum absolute atomic E-state index is 12.4. The second-order valence-corrected chi connectivity index (χ2v) is 5.57. The SMILES string of the molecule is NC1CCCN(C(=O)c2ccc3ncsc3c2)C1. The zero-order chi connectivity index (χ0) is 12.5. The molecule has 2 heterocycles. The van der Waals surface area contributed by atoms with Crippen LogP contribution in [-0.2, 0) is 0 Å². The number of nitrogens with zero attached hydrogens (tertiary/aromatic N) is 2. The Bertz CT molecular complexity index is 580. The van der Waals surface area contributed by atoms with Crippen LogP contribution >= 0.6 is 11.3 Å². The summed E-state index contributed by atoms with van der Waals surface area (Å²) in [6.07, 6.45) is 2.01. The maximum Gasteiger partial charge on any atom is 0.253 e. The third-order valence-corrected chi connectivity index (χ3v) is 4.12. The minimum Gasteiger partial charge on any atom is -0.337 e. The van der Waals surface area contributed by atoms with Gasteiger partial charge in [-0.2, -0.15) is 0 Å². The van der Waals surface area contributed by atoms with Crippen LogP contribution in [0.1, 0.15) is 23.2 Å². The van der Waals surface area contributed by atoms with E-state index < -0.39 is 0 Å². The molecular formula is C13H15N3OS. The van der Waals surface area contributed by atoms with Crippen LogP contribution in [0.4, 0.5) is 0 Å². The van der Waals surface area contributed by atoms with Crippen molar-refractivity contribution in [1.82, 2.24) is 9.88 Å². The van der Waals surface area contributed by atoms with E-state index in [9.17, 15) is 4.79 Å². The smallest absolute Gasteiger partial charge is 0.253 e. The van der Waals surface area contributed by atoms with E-state index in [0.29, 0.717) is 6.54 Å². The Morgan fingerprint density at radius 2 is 2.39 bits per heavy atom. The highest BCUT2D eigenvalue weighted by Gasteiger charge is 2.22. The monoisotopic (exact) mass is 261 g/mol. The van der Waals surface area contributed by atoms with Gasteiger partial charge in [0.15, 0.2) is 0 Å². The quantitative estimate of drug-likeness (QED) is 0.852. The van der Waals surface area contributed by atoms with Gasteiger partial charge in [0.05, 0.1) is 15.7 Å². The first-order valence-electron chi connectivity index (χ1n) is 6.12. The number of thiazole rings is 1. The molecule has 0 radical (unpaired) electrons. The van der Waals surface area contributed by atoms with Gasteiger partial charge < -0.3 is 10.6 Å². The standard InChI is InChI=1S/C13H15N3OS/c14-10-2-1-5-16(7-10)13(17)9-3-4-11-12(6-9)18-8-15-11/h3-4,6,8,10H,1-2,5,7,14H2. The van der Waals surface area contributed by atoms with E-state index >= 15 is 0 Å². The van der Waals surface area contributed by atoms with Gasteiger partial charge in [0.2, 0.25) is 0 Å². The Hall–Kier alpha value is -1.46. The van der Waals surface area contributed by atoms with Crippen LogP contribution in [0.15, 0.2) is 23.7 Å². The van der Waals surface area contributed by atoms with E-state index in [2.05, 4.69) is 4.98 Å². The molecule has 0 aliphatic carbocycles. The molecule has 5 heteroatoms. The number of fused-ring (bicyclic) bond motifs is 1. The number of hydrogen-bond acceptors (Lipinski definition) is 4. The van der Waals surface area contributed by atoms with Crippen LogP contribution in [0.5, 0.6) is 0 Å². The lowest BCUT2D eigenvalue weighted by atomic mass is 10.1. The predicted molar refractivity (Wildman–Crippen MR) is 72.7 cm³/mol. The molecule has 2 aromatic rings. The largest absolute Gasteiger partial charge is 0.337 e. The summed E-state index contributed by atoms with van der Waals surface area (Å²) in [7, 11) is 0. The number of carbonyl (C=O) groups excluding carboxylic acids is 1. The summed E-state index contributed by atoms with van der Waals surface area (Å²) < 4.78 is 1.06. The van der Waals surface area contributed by atoms with Crippen molar-refractivity contribution >= 4 is 27.5 Å². The molecule has 1 aromatic heterocycles. The Morgan fingerprint density at radius 1 is 1.50 bits per heavy atom. The van der Waals surface area contributed by atoms with Crippen LogP contribution in [0.25, 0.3) is 10.2 Å². The summed E-state index contributed by atoms with van der Waals surface area (Å²) in [6, 6.07) is 5.80. The van der Waals surface area contributed by atoms with Gasteiger partial charge in [-0.25, -0.2) is 4.98 Å². The normalized spacial score (nSPS) is 20.3. The molecule has 1 fully saturated rings. The molecule has 1 aromatic carbocycles. The van der Waals surface area contributed by atoms with Crippen LogP contribution < -0.4 is 5.73 Å². The van der Waals surface area contributed by atoms with Crippen molar-refractivity contribution in [1.29, 1.82) is 0 Å². The van der Waals surface area contributed by atoms with Gasteiger partial charge >= 0.3 is 0 Å². The topological polar surface area (TPSA) is 59.2 Å². The molecule has 0 bridgehead atoms. The van der Waals surface area contributed by atoms with Crippen LogP contribution in [0, 0.1) is 0 Å². The number of rotatable bonds is 1. The maximum atomic E-state index is 12.4. The molecule has 1 aliphatic rings. The average molecular weight is 261 g/mol. The highest BCUT2D eigenvalue weighted by atomic mass is 32.1. The van der Waals surface area contributed by atoms with E-state index in [1.54, 1.807) is 16.8 Å². The summed E-state index contributed by atoms with van der Waals surface area (Å²) >= 11 is 1.56. The molecule has 1 amide bonds. The van der Waals surface area contributed by atoms with Crippen molar-refractivity contribution in [3.8, 4) is 0 Å². The van der Waals surface area contributed by atoms with Crippen LogP contribution in [0.3, 0.4) is 0 Å². The molecule has 1 saturated heterocycles. The van der Waals surface area contributed by atoms with Crippen molar-refractivity contribution in [2.45, 2.75) is 18.9 Å². The Kier molecular flexibility index (Phi) is 3.01. The molecule has 0 spiro atoms. The third kappa shape index (κ3) is 2.11. The van der Waals surface area contributed by atoms with Gasteiger partial charge in [0.25, 0.3) is 5.91 Å². The van der Waals surface area contributed by atoms with E-state index in [1.807, 2.05) is 23.1 Å². The highest BCUT2D eigenvalue weighted by Crippen LogP contribution is 2.21. The molecule has 4 nitrogen and oxygen atoms in total. The average Bonchev–Trinajstić information content (AvgIpc) is 2.85. The number of piperidine rings is 1. The number of carbonyl (C=O) groups is 1. The minimum absolute atomic E-state index is 0.0838. The van der Waals surface area contributed by atoms with Gasteiger partial charge in [-0.1, -0.05) is 0 Å². The van der Waals surface area contributed by atoms with Gasteiger partial charge in [0.1, 0.15) is 0 Å². The van der Waals surface area contributed by atoms with Crippen molar-refractivity contribution in [3.05, 3.63) is 29.3 Å². The van der Waals surface area contributed by atoms with Gasteiger partial charge in [-0.15, -0.1) is 11.3 Å². The molecule has 3 rings (SSSR count). The van der Waals surface area contributed by atoms with Crippen LogP contribution in [-0.4, -0.2) is 34.9 Å². The first-order valence-corrected chi connectivity index (χ1v) is 7.00. The fourth-order valence-corrected chi connectivity index (χ4v) is 3.08. The first-order chi connectivity index (χ1) is 8.74. The number of benzene rings is 1. The molecular weight excluding hydrogens is 246 g/mol. The Morgan fingerprint density at radius 3 is 3.22 bits per heavy atom. The molecule has 2 N–H and O–H groups in total. The summed E-state index contributed by atoms with van der Waals surface area (Å²) in [5.74, 6) is 0.0838. The zero-order valence-corrected chi connectivity index (χ0v) is 10.8. The lowest BCUT2D eigenvalue weighted by molar-refractivity contribution is 0.0709. The van der Waals surface area contributed by atoms with Crippen molar-refractivity contribution in [2.75, 3.05) is 13.1 Å². The molecule has 1 atom stereocenters. The lowest BCUT2D eigenvalue weighted by Gasteiger charge is -2.30. The van der Waals surface area contributed by atoms with Gasteiger partial charge in [-0.3, -0.25) is 4.79 Å². The molecule has 94 valence electrons. The van der Waals surface area contributed by atoms with E-state index in [-0.39, 0.29) is 11.9 Å². The number of amides is 1. The zero-order valence-electron chi connectivity index (χ0n) is 10.0. The second-order valence-electron chi connectivity index (χ2n) is 4.69. The number of hydrogen-bond donors (Lipinski definition) is 1. The van der Waals surface area contributed by atoms with Gasteiger partial charge in [-0.05, 0) is 31.0 Å². The van der Waals surface area contributed by atoms with E-state index in [1.165, 1.54) is 0 Å². The predicted octanol–water partition coefficient (Wildman–Crippen LogP) is 1.86.